The minimum atomic E-state index is -5.05. The molecule has 0 bridgehead atoms. The van der Waals surface area contributed by atoms with Gasteiger partial charge in [-0.2, -0.15) is 43.9 Å². The Bertz CT molecular complexity index is 3000. The van der Waals surface area contributed by atoms with E-state index in [1.54, 1.807) is 0 Å². The number of nitrogens with zero attached hydrogens (tertiary/aromatic N) is 4. The maximum Gasteiger partial charge on any atom is 0.323 e. The summed E-state index contributed by atoms with van der Waals surface area (Å²) in [6.45, 7) is 0. The van der Waals surface area contributed by atoms with Crippen molar-refractivity contribution in [1.29, 1.82) is 0 Å². The van der Waals surface area contributed by atoms with Crippen molar-refractivity contribution >= 4 is 220 Å². The monoisotopic (exact) mass is 964 g/mol. The number of carbonyl (C=O) groups is 1. The Morgan fingerprint density at radius 3 is 1.05 bits per heavy atom. The van der Waals surface area contributed by atoms with Crippen LogP contribution in [0.5, 0.6) is 11.5 Å². The van der Waals surface area contributed by atoms with E-state index < -0.39 is 89.0 Å². The van der Waals surface area contributed by atoms with Gasteiger partial charge in [-0.3, -0.25) is 18.2 Å². The SMILES string of the molecule is O=C(Nc1ccc2c(O)c(N=Nc3ccc(S(=O)(=O)O)cc3)c(S(=O)(=O)O)cc2c1)Nc1ccc2c(O)c(N=Nc3ccc(S(=O)(=O)O)cc3)c(S(=O)(=O)O)cc2c1.[Na].[Na].[Na].[Na]. The van der Waals surface area contributed by atoms with E-state index in [-0.39, 0.29) is 163 Å². The maximum absolute atomic E-state index is 13.0. The number of anilines is 2. The van der Waals surface area contributed by atoms with E-state index in [9.17, 15) is 57.8 Å². The second kappa shape index (κ2) is 21.7. The van der Waals surface area contributed by atoms with Gasteiger partial charge in [0.15, 0.2) is 11.5 Å². The van der Waals surface area contributed by atoms with Crippen LogP contribution in [0.1, 0.15) is 0 Å². The summed E-state index contributed by atoms with van der Waals surface area (Å²) in [7, 11) is -19.1. The van der Waals surface area contributed by atoms with Gasteiger partial charge in [0.25, 0.3) is 40.5 Å². The number of hydrogen-bond acceptors (Lipinski definition) is 15. The number of amides is 2. The van der Waals surface area contributed by atoms with Gasteiger partial charge in [-0.15, -0.1) is 10.2 Å². The molecular weight excluding hydrogens is 941 g/mol. The fraction of sp³-hybridized carbons (Fsp3) is 0. The zero-order valence-electron chi connectivity index (χ0n) is 32.5. The van der Waals surface area contributed by atoms with Gasteiger partial charge >= 0.3 is 6.03 Å². The molecule has 0 aromatic heterocycles. The summed E-state index contributed by atoms with van der Waals surface area (Å²) in [5.41, 5.74) is -1.27. The van der Waals surface area contributed by atoms with Crippen molar-refractivity contribution in [2.24, 2.45) is 20.5 Å². The van der Waals surface area contributed by atoms with Crippen LogP contribution in [0.15, 0.2) is 137 Å². The van der Waals surface area contributed by atoms with E-state index in [0.29, 0.717) is 0 Å². The number of rotatable bonds is 10. The largest absolute Gasteiger partial charge is 0.505 e. The predicted molar refractivity (Wildman–Crippen MR) is 227 cm³/mol. The zero-order chi connectivity index (χ0) is 42.4. The van der Waals surface area contributed by atoms with E-state index in [0.717, 1.165) is 60.7 Å². The van der Waals surface area contributed by atoms with E-state index in [1.807, 2.05) is 0 Å². The minimum absolute atomic E-state index is 0. The van der Waals surface area contributed by atoms with Gasteiger partial charge in [-0.25, -0.2) is 4.79 Å². The third-order valence-electron chi connectivity index (χ3n) is 7.97. The van der Waals surface area contributed by atoms with Crippen molar-refractivity contribution < 1.29 is 66.9 Å². The molecule has 0 heterocycles. The number of nitrogens with one attached hydrogen (secondary N) is 2. The molecule has 0 fully saturated rings. The van der Waals surface area contributed by atoms with E-state index in [2.05, 4.69) is 31.1 Å². The van der Waals surface area contributed by atoms with Gasteiger partial charge in [0.2, 0.25) is 0 Å². The van der Waals surface area contributed by atoms with Crippen LogP contribution in [0.2, 0.25) is 0 Å². The molecule has 0 unspecified atom stereocenters. The summed E-state index contributed by atoms with van der Waals surface area (Å²) < 4.78 is 132. The second-order valence-corrected chi connectivity index (χ2v) is 17.5. The van der Waals surface area contributed by atoms with Gasteiger partial charge in [-0.05, 0) is 108 Å². The zero-order valence-corrected chi connectivity index (χ0v) is 43.8. The summed E-state index contributed by atoms with van der Waals surface area (Å²) in [6, 6.07) is 17.2. The first-order chi connectivity index (χ1) is 27.0. The van der Waals surface area contributed by atoms with Crippen molar-refractivity contribution in [1.82, 2.24) is 0 Å². The third-order valence-corrected chi connectivity index (χ3v) is 11.4. The number of phenols is 2. The second-order valence-electron chi connectivity index (χ2n) is 11.9. The molecule has 6 rings (SSSR count). The van der Waals surface area contributed by atoms with Crippen molar-refractivity contribution in [3.8, 4) is 11.5 Å². The average Bonchev–Trinajstić information content (AvgIpc) is 3.12. The Kier molecular flexibility index (Phi) is 19.5. The Labute approximate surface area is 440 Å². The molecule has 4 radical (unpaired) electrons. The predicted octanol–water partition coefficient (Wildman–Crippen LogP) is 5.34. The quantitative estimate of drug-likeness (QED) is 0.0488. The molecule has 62 heavy (non-hydrogen) atoms. The molecule has 0 aliphatic carbocycles. The van der Waals surface area contributed by atoms with Crippen LogP contribution >= 0.6 is 0 Å². The van der Waals surface area contributed by atoms with E-state index >= 15 is 0 Å². The summed E-state index contributed by atoms with van der Waals surface area (Å²) >= 11 is 0. The Morgan fingerprint density at radius 2 is 0.758 bits per heavy atom. The van der Waals surface area contributed by atoms with E-state index in [1.165, 1.54) is 36.4 Å². The number of carbonyl (C=O) groups excluding carboxylic acids is 1. The van der Waals surface area contributed by atoms with Crippen LogP contribution in [-0.2, 0) is 40.5 Å². The number of phenolic OH excluding ortho intramolecular Hbond substituents is 2. The van der Waals surface area contributed by atoms with Crippen LogP contribution in [0.3, 0.4) is 0 Å². The molecule has 2 amide bonds. The molecule has 0 spiro atoms. The number of aromatic hydroxyl groups is 2. The van der Waals surface area contributed by atoms with Crippen molar-refractivity contribution in [2.75, 3.05) is 10.6 Å². The fourth-order valence-corrected chi connectivity index (χ4v) is 7.60. The van der Waals surface area contributed by atoms with Crippen LogP contribution in [-0.4, -0.2) is 186 Å². The standard InChI is InChI=1S/C33H24N6O15S4.4Na/c40-31-25-11-5-21(13-17(25)15-27(57(49,50)51)29(31)38-36-19-1-7-23(8-2-19)55(43,44)45)34-33(42)35-22-6-12-26-18(14-22)16-28(58(52,53)54)30(32(26)41)39-37-20-3-9-24(10-4-20)56(46,47)48;;;;/h1-16,40-41H,(H2,34,35,42)(H,43,44,45)(H,46,47,48)(H,49,50,51)(H,52,53,54);;;;. The average molecular weight is 965 g/mol. The molecule has 29 heteroatoms. The first-order valence-corrected chi connectivity index (χ1v) is 21.4. The molecule has 6 aromatic carbocycles. The number of fused-ring (bicyclic) bond motifs is 2. The van der Waals surface area contributed by atoms with Gasteiger partial charge in [-0.1, -0.05) is 0 Å². The molecule has 304 valence electrons. The van der Waals surface area contributed by atoms with Crippen LogP contribution in [0, 0.1) is 0 Å². The molecular formula is C33H24N6Na4O15S4. The summed E-state index contributed by atoms with van der Waals surface area (Å²) in [5, 5.41) is 41.9. The molecule has 21 nitrogen and oxygen atoms in total. The number of benzene rings is 6. The van der Waals surface area contributed by atoms with Gasteiger partial charge < -0.3 is 20.8 Å². The number of urea groups is 1. The number of hydrogen-bond donors (Lipinski definition) is 8. The van der Waals surface area contributed by atoms with Gasteiger partial charge in [0.05, 0.1) is 21.2 Å². The summed E-state index contributed by atoms with van der Waals surface area (Å²) in [6.07, 6.45) is 0. The van der Waals surface area contributed by atoms with Crippen molar-refractivity contribution in [2.45, 2.75) is 19.6 Å². The van der Waals surface area contributed by atoms with Crippen LogP contribution in [0.25, 0.3) is 21.5 Å². The number of azo groups is 2. The smallest absolute Gasteiger partial charge is 0.323 e. The normalized spacial score (nSPS) is 11.9. The summed E-state index contributed by atoms with van der Waals surface area (Å²) in [4.78, 5) is 10.3. The topological polar surface area (TPSA) is 349 Å². The molecule has 0 aliphatic rings. The van der Waals surface area contributed by atoms with Crippen LogP contribution < -0.4 is 10.6 Å². The fourth-order valence-electron chi connectivity index (χ4n) is 5.32. The first kappa shape index (κ1) is 55.7. The third kappa shape index (κ3) is 13.3. The molecule has 8 N–H and O–H groups in total. The van der Waals surface area contributed by atoms with Gasteiger partial charge in [0.1, 0.15) is 21.2 Å². The molecule has 6 aromatic rings. The Hall–Kier alpha value is -2.45. The van der Waals surface area contributed by atoms with Gasteiger partial charge in [0, 0.05) is 140 Å². The van der Waals surface area contributed by atoms with E-state index in [4.69, 9.17) is 9.11 Å². The Balaban J connectivity index is 0.00000331. The molecule has 0 aliphatic heterocycles. The molecule has 0 saturated heterocycles. The first-order valence-electron chi connectivity index (χ1n) is 15.6. The summed E-state index contributed by atoms with van der Waals surface area (Å²) in [5.74, 6) is -1.47. The Morgan fingerprint density at radius 1 is 0.435 bits per heavy atom. The van der Waals surface area contributed by atoms with Crippen LogP contribution in [0.4, 0.5) is 38.9 Å². The van der Waals surface area contributed by atoms with Crippen molar-refractivity contribution in [3.63, 3.8) is 0 Å². The molecule has 0 atom stereocenters. The molecule has 0 saturated carbocycles. The minimum Gasteiger partial charge on any atom is -0.505 e. The van der Waals surface area contributed by atoms with Crippen molar-refractivity contribution in [3.05, 3.63) is 97.1 Å². The maximum atomic E-state index is 13.0.